The highest BCUT2D eigenvalue weighted by Crippen LogP contribution is 2.32. The zero-order valence-electron chi connectivity index (χ0n) is 18.3. The van der Waals surface area contributed by atoms with E-state index in [1.165, 1.54) is 0 Å². The van der Waals surface area contributed by atoms with Gasteiger partial charge < -0.3 is 9.84 Å². The SMILES string of the molecule is Cc1cc(-c2nn(C)c(Cl)c2CN2C[C@@H](C)[C@H](C(=O)NCCC(C)(C)C)C2)no1. The summed E-state index contributed by atoms with van der Waals surface area (Å²) in [5.74, 6) is 1.16. The first-order chi connectivity index (χ1) is 13.5. The fourth-order valence-corrected chi connectivity index (χ4v) is 4.01. The van der Waals surface area contributed by atoms with Crippen LogP contribution in [-0.4, -0.2) is 45.4 Å². The zero-order chi connectivity index (χ0) is 21.3. The second-order valence-corrected chi connectivity index (χ2v) is 9.80. The van der Waals surface area contributed by atoms with Crippen LogP contribution in [0, 0.1) is 24.2 Å². The lowest BCUT2D eigenvalue weighted by atomic mass is 9.92. The van der Waals surface area contributed by atoms with Gasteiger partial charge in [0.15, 0.2) is 0 Å². The Morgan fingerprint density at radius 2 is 2.10 bits per heavy atom. The number of hydrogen-bond acceptors (Lipinski definition) is 5. The van der Waals surface area contributed by atoms with Crippen LogP contribution in [0.5, 0.6) is 0 Å². The number of carbonyl (C=O) groups excluding carboxylic acids is 1. The smallest absolute Gasteiger partial charge is 0.224 e. The van der Waals surface area contributed by atoms with Gasteiger partial charge in [0.1, 0.15) is 22.3 Å². The summed E-state index contributed by atoms with van der Waals surface area (Å²) >= 11 is 6.53. The van der Waals surface area contributed by atoms with Gasteiger partial charge in [-0.25, -0.2) is 0 Å². The quantitative estimate of drug-likeness (QED) is 0.770. The molecule has 1 saturated heterocycles. The van der Waals surface area contributed by atoms with Crippen molar-refractivity contribution in [1.29, 1.82) is 0 Å². The molecule has 1 aliphatic heterocycles. The molecule has 2 atom stereocenters. The lowest BCUT2D eigenvalue weighted by Gasteiger charge is -2.20. The molecule has 1 amide bonds. The second kappa shape index (κ2) is 8.48. The Hall–Kier alpha value is -1.86. The topological polar surface area (TPSA) is 76.2 Å². The van der Waals surface area contributed by atoms with Crippen LogP contribution in [0.15, 0.2) is 10.6 Å². The number of aromatic nitrogens is 3. The van der Waals surface area contributed by atoms with Crippen LogP contribution >= 0.6 is 11.6 Å². The Morgan fingerprint density at radius 3 is 2.72 bits per heavy atom. The molecule has 29 heavy (non-hydrogen) atoms. The van der Waals surface area contributed by atoms with Crippen LogP contribution in [0.3, 0.4) is 0 Å². The molecule has 7 nitrogen and oxygen atoms in total. The van der Waals surface area contributed by atoms with Gasteiger partial charge in [0.25, 0.3) is 0 Å². The van der Waals surface area contributed by atoms with E-state index in [1.807, 2.05) is 20.0 Å². The largest absolute Gasteiger partial charge is 0.361 e. The average molecular weight is 422 g/mol. The van der Waals surface area contributed by atoms with E-state index in [9.17, 15) is 4.79 Å². The standard InChI is InChI=1S/C21H32ClN5O2/c1-13-10-27(11-15(13)20(28)23-8-7-21(3,4)5)12-16-18(24-26(6)19(16)22)17-9-14(2)29-25-17/h9,13,15H,7-8,10-12H2,1-6H3,(H,23,28)/t13-,15-/m1/s1. The fraction of sp³-hybridized carbons (Fsp3) is 0.667. The fourth-order valence-electron chi connectivity index (χ4n) is 3.82. The number of nitrogens with zero attached hydrogens (tertiary/aromatic N) is 4. The zero-order valence-corrected chi connectivity index (χ0v) is 19.0. The molecule has 0 radical (unpaired) electrons. The maximum absolute atomic E-state index is 12.7. The van der Waals surface area contributed by atoms with Gasteiger partial charge in [-0.15, -0.1) is 0 Å². The Balaban J connectivity index is 1.67. The number of aryl methyl sites for hydroxylation is 2. The molecule has 1 aliphatic rings. The van der Waals surface area contributed by atoms with Gasteiger partial charge in [0.05, 0.1) is 5.92 Å². The van der Waals surface area contributed by atoms with Gasteiger partial charge in [-0.2, -0.15) is 5.10 Å². The van der Waals surface area contributed by atoms with Gasteiger partial charge in [-0.05, 0) is 24.7 Å². The van der Waals surface area contributed by atoms with Gasteiger partial charge >= 0.3 is 0 Å². The van der Waals surface area contributed by atoms with E-state index in [-0.39, 0.29) is 23.2 Å². The monoisotopic (exact) mass is 421 g/mol. The Labute approximate surface area is 177 Å². The summed E-state index contributed by atoms with van der Waals surface area (Å²) in [6, 6.07) is 1.86. The molecule has 2 aromatic rings. The molecule has 0 aromatic carbocycles. The average Bonchev–Trinajstić information content (AvgIpc) is 3.28. The molecule has 0 unspecified atom stereocenters. The van der Waals surface area contributed by atoms with Crippen molar-refractivity contribution in [3.8, 4) is 11.4 Å². The molecule has 1 fully saturated rings. The Bertz CT molecular complexity index is 867. The Morgan fingerprint density at radius 1 is 1.38 bits per heavy atom. The predicted octanol–water partition coefficient (Wildman–Crippen LogP) is 3.66. The van der Waals surface area contributed by atoms with E-state index >= 15 is 0 Å². The van der Waals surface area contributed by atoms with Crippen molar-refractivity contribution >= 4 is 17.5 Å². The number of amides is 1. The van der Waals surface area contributed by atoms with Crippen LogP contribution in [0.4, 0.5) is 0 Å². The minimum atomic E-state index is -0.0110. The lowest BCUT2D eigenvalue weighted by Crippen LogP contribution is -2.36. The van der Waals surface area contributed by atoms with Crippen LogP contribution in [0.25, 0.3) is 11.4 Å². The van der Waals surface area contributed by atoms with Crippen molar-refractivity contribution in [3.05, 3.63) is 22.5 Å². The molecule has 0 bridgehead atoms. The van der Waals surface area contributed by atoms with E-state index in [0.717, 1.165) is 36.5 Å². The second-order valence-electron chi connectivity index (χ2n) is 9.44. The van der Waals surface area contributed by atoms with Crippen LogP contribution in [0.2, 0.25) is 5.15 Å². The molecule has 2 aromatic heterocycles. The van der Waals surface area contributed by atoms with Gasteiger partial charge in [0.2, 0.25) is 5.91 Å². The summed E-state index contributed by atoms with van der Waals surface area (Å²) in [6.07, 6.45) is 0.968. The number of likely N-dealkylation sites (tertiary alicyclic amines) is 1. The Kier molecular flexibility index (Phi) is 6.39. The third kappa shape index (κ3) is 5.20. The third-order valence-corrected chi connectivity index (χ3v) is 5.99. The predicted molar refractivity (Wildman–Crippen MR) is 113 cm³/mol. The van der Waals surface area contributed by atoms with Gasteiger partial charge in [0, 0.05) is 44.9 Å². The minimum Gasteiger partial charge on any atom is -0.361 e. The van der Waals surface area contributed by atoms with Crippen LogP contribution < -0.4 is 5.32 Å². The van der Waals surface area contributed by atoms with Crippen molar-refractivity contribution in [2.45, 2.75) is 47.6 Å². The van der Waals surface area contributed by atoms with Crippen molar-refractivity contribution in [1.82, 2.24) is 25.2 Å². The lowest BCUT2D eigenvalue weighted by molar-refractivity contribution is -0.125. The highest BCUT2D eigenvalue weighted by atomic mass is 35.5. The molecule has 3 heterocycles. The van der Waals surface area contributed by atoms with E-state index in [0.29, 0.717) is 23.9 Å². The number of carbonyl (C=O) groups is 1. The molecule has 3 rings (SSSR count). The van der Waals surface area contributed by atoms with Gasteiger partial charge in [-0.1, -0.05) is 44.5 Å². The molecule has 0 aliphatic carbocycles. The van der Waals surface area contributed by atoms with Crippen molar-refractivity contribution in [3.63, 3.8) is 0 Å². The molecule has 0 saturated carbocycles. The van der Waals surface area contributed by atoms with Crippen molar-refractivity contribution < 1.29 is 9.32 Å². The molecular weight excluding hydrogens is 390 g/mol. The van der Waals surface area contributed by atoms with E-state index in [2.05, 4.69) is 48.2 Å². The number of nitrogens with one attached hydrogen (secondary N) is 1. The molecular formula is C21H32ClN5O2. The van der Waals surface area contributed by atoms with Gasteiger partial charge in [-0.3, -0.25) is 14.4 Å². The first-order valence-electron chi connectivity index (χ1n) is 10.2. The normalized spacial score (nSPS) is 20.4. The van der Waals surface area contributed by atoms with Crippen molar-refractivity contribution in [2.24, 2.45) is 24.3 Å². The first kappa shape index (κ1) is 21.8. The minimum absolute atomic E-state index is 0.0110. The van der Waals surface area contributed by atoms with Crippen LogP contribution in [-0.2, 0) is 18.4 Å². The molecule has 0 spiro atoms. The summed E-state index contributed by atoms with van der Waals surface area (Å²) in [6.45, 7) is 13.5. The summed E-state index contributed by atoms with van der Waals surface area (Å²) in [5, 5.41) is 12.3. The summed E-state index contributed by atoms with van der Waals surface area (Å²) in [7, 11) is 1.82. The van der Waals surface area contributed by atoms with Crippen molar-refractivity contribution in [2.75, 3.05) is 19.6 Å². The summed E-state index contributed by atoms with van der Waals surface area (Å²) < 4.78 is 6.87. The van der Waals surface area contributed by atoms with E-state index < -0.39 is 0 Å². The first-order valence-corrected chi connectivity index (χ1v) is 10.6. The van der Waals surface area contributed by atoms with Crippen LogP contribution in [0.1, 0.15) is 45.4 Å². The molecule has 160 valence electrons. The maximum Gasteiger partial charge on any atom is 0.224 e. The van der Waals surface area contributed by atoms with E-state index in [4.69, 9.17) is 16.1 Å². The number of halogens is 1. The maximum atomic E-state index is 12.7. The summed E-state index contributed by atoms with van der Waals surface area (Å²) in [4.78, 5) is 15.0. The number of rotatable bonds is 6. The highest BCUT2D eigenvalue weighted by Gasteiger charge is 2.35. The van der Waals surface area contributed by atoms with E-state index in [1.54, 1.807) is 4.68 Å². The molecule has 1 N–H and O–H groups in total. The highest BCUT2D eigenvalue weighted by molar-refractivity contribution is 6.30. The third-order valence-electron chi connectivity index (χ3n) is 5.52. The molecule has 8 heteroatoms. The summed E-state index contributed by atoms with van der Waals surface area (Å²) in [5.41, 5.74) is 2.56. The number of hydrogen-bond donors (Lipinski definition) is 1.